The first kappa shape index (κ1) is 13.2. The molecule has 0 aromatic carbocycles. The number of hydrogen-bond acceptors (Lipinski definition) is 3. The second-order valence-corrected chi connectivity index (χ2v) is 6.14. The zero-order valence-corrected chi connectivity index (χ0v) is 12.2. The minimum absolute atomic E-state index is 0.0571. The molecule has 0 bridgehead atoms. The maximum absolute atomic E-state index is 11.1. The number of allylic oxidation sites excluding steroid dienone is 3. The van der Waals surface area contributed by atoms with Crippen LogP contribution in [0.2, 0.25) is 0 Å². The van der Waals surface area contributed by atoms with E-state index in [1.54, 1.807) is 0 Å². The molecule has 2 unspecified atom stereocenters. The van der Waals surface area contributed by atoms with Gasteiger partial charge < -0.3 is 9.15 Å². The molecule has 0 aliphatic heterocycles. The first-order chi connectivity index (χ1) is 9.49. The van der Waals surface area contributed by atoms with E-state index in [2.05, 4.69) is 32.1 Å². The third kappa shape index (κ3) is 2.11. The number of carbonyl (C=O) groups excluding carboxylic acids is 1. The van der Waals surface area contributed by atoms with Crippen LogP contribution in [-0.2, 0) is 22.4 Å². The lowest BCUT2D eigenvalue weighted by Gasteiger charge is -2.41. The van der Waals surface area contributed by atoms with Gasteiger partial charge in [-0.3, -0.25) is 4.79 Å². The summed E-state index contributed by atoms with van der Waals surface area (Å²) in [7, 11) is 0. The Morgan fingerprint density at radius 1 is 1.55 bits per heavy atom. The van der Waals surface area contributed by atoms with E-state index in [0.717, 1.165) is 18.6 Å². The Hall–Kier alpha value is -1.77. The molecular formula is C17H20O3. The van der Waals surface area contributed by atoms with Crippen LogP contribution in [0.15, 0.2) is 34.5 Å². The quantitative estimate of drug-likeness (QED) is 0.775. The highest BCUT2D eigenvalue weighted by Crippen LogP contribution is 2.47. The van der Waals surface area contributed by atoms with Crippen LogP contribution in [0.1, 0.15) is 30.7 Å². The maximum atomic E-state index is 11.1. The van der Waals surface area contributed by atoms with E-state index < -0.39 is 0 Å². The number of rotatable bonds is 2. The fourth-order valence-corrected chi connectivity index (χ4v) is 3.42. The summed E-state index contributed by atoms with van der Waals surface area (Å²) < 4.78 is 10.9. The minimum Gasteiger partial charge on any atom is -0.469 e. The molecule has 3 heteroatoms. The molecule has 0 saturated heterocycles. The number of aryl methyl sites for hydroxylation is 1. The first-order valence-corrected chi connectivity index (χ1v) is 7.07. The number of esters is 1. The Bertz CT molecular complexity index is 606. The van der Waals surface area contributed by atoms with Gasteiger partial charge in [-0.25, -0.2) is 0 Å². The van der Waals surface area contributed by atoms with Gasteiger partial charge in [0, 0.05) is 13.3 Å². The molecule has 1 aromatic heterocycles. The summed E-state index contributed by atoms with van der Waals surface area (Å²) in [4.78, 5) is 11.1. The predicted octanol–water partition coefficient (Wildman–Crippen LogP) is 3.37. The second-order valence-electron chi connectivity index (χ2n) is 6.14. The molecule has 3 nitrogen and oxygen atoms in total. The van der Waals surface area contributed by atoms with E-state index in [-0.39, 0.29) is 11.4 Å². The van der Waals surface area contributed by atoms with Gasteiger partial charge in [0.05, 0.1) is 6.26 Å². The van der Waals surface area contributed by atoms with Crippen molar-refractivity contribution in [2.75, 3.05) is 6.61 Å². The molecule has 0 spiro atoms. The molecule has 0 radical (unpaired) electrons. The lowest BCUT2D eigenvalue weighted by Crippen LogP contribution is -2.37. The van der Waals surface area contributed by atoms with Crippen LogP contribution in [0.5, 0.6) is 0 Å². The van der Waals surface area contributed by atoms with Crippen molar-refractivity contribution in [3.8, 4) is 0 Å². The average Bonchev–Trinajstić information content (AvgIpc) is 2.73. The molecule has 0 amide bonds. The molecule has 106 valence electrons. The zero-order chi connectivity index (χ0) is 14.3. The Balaban J connectivity index is 1.91. The van der Waals surface area contributed by atoms with Crippen molar-refractivity contribution in [1.82, 2.24) is 0 Å². The van der Waals surface area contributed by atoms with Crippen LogP contribution in [0, 0.1) is 18.3 Å². The lowest BCUT2D eigenvalue weighted by atomic mass is 9.62. The summed E-state index contributed by atoms with van der Waals surface area (Å²) in [6, 6.07) is 0. The Morgan fingerprint density at radius 3 is 3.10 bits per heavy atom. The summed E-state index contributed by atoms with van der Waals surface area (Å²) in [6.07, 6.45) is 10.2. The van der Waals surface area contributed by atoms with Crippen LogP contribution < -0.4 is 0 Å². The molecule has 20 heavy (non-hydrogen) atoms. The van der Waals surface area contributed by atoms with Crippen molar-refractivity contribution in [3.05, 3.63) is 47.0 Å². The maximum Gasteiger partial charge on any atom is 0.302 e. The SMILES string of the molecule is CC(=O)OCC1=CC=CC2(C)Cc3occ(C)c3CC12. The molecule has 2 atom stereocenters. The van der Waals surface area contributed by atoms with E-state index in [4.69, 9.17) is 9.15 Å². The van der Waals surface area contributed by atoms with Crippen LogP contribution in [-0.4, -0.2) is 12.6 Å². The van der Waals surface area contributed by atoms with Gasteiger partial charge in [0.2, 0.25) is 0 Å². The molecule has 0 N–H and O–H groups in total. The van der Waals surface area contributed by atoms with Gasteiger partial charge in [0.15, 0.2) is 0 Å². The van der Waals surface area contributed by atoms with Gasteiger partial charge in [-0.2, -0.15) is 0 Å². The average molecular weight is 272 g/mol. The van der Waals surface area contributed by atoms with Crippen molar-refractivity contribution in [1.29, 1.82) is 0 Å². The predicted molar refractivity (Wildman–Crippen MR) is 76.3 cm³/mol. The fraction of sp³-hybridized carbons (Fsp3) is 0.471. The van der Waals surface area contributed by atoms with Crippen molar-refractivity contribution in [2.24, 2.45) is 11.3 Å². The van der Waals surface area contributed by atoms with Crippen LogP contribution in [0.4, 0.5) is 0 Å². The topological polar surface area (TPSA) is 39.4 Å². The molecule has 2 aliphatic carbocycles. The number of hydrogen-bond donors (Lipinski definition) is 0. The number of ether oxygens (including phenoxy) is 1. The Labute approximate surface area is 119 Å². The molecule has 3 rings (SSSR count). The molecule has 0 saturated carbocycles. The Morgan fingerprint density at radius 2 is 2.35 bits per heavy atom. The summed E-state index contributed by atoms with van der Waals surface area (Å²) in [5.41, 5.74) is 3.82. The highest BCUT2D eigenvalue weighted by Gasteiger charge is 2.42. The van der Waals surface area contributed by atoms with Gasteiger partial charge in [0.1, 0.15) is 12.4 Å². The van der Waals surface area contributed by atoms with E-state index in [1.807, 2.05) is 6.26 Å². The standard InChI is InChI=1S/C17H20O3/c1-11-9-20-16-8-17(3)6-4-5-13(10-19-12(2)18)15(17)7-14(11)16/h4-6,9,15H,7-8,10H2,1-3H3. The molecule has 2 aliphatic rings. The van der Waals surface area contributed by atoms with Gasteiger partial charge in [0.25, 0.3) is 0 Å². The van der Waals surface area contributed by atoms with Crippen LogP contribution >= 0.6 is 0 Å². The van der Waals surface area contributed by atoms with E-state index in [9.17, 15) is 4.79 Å². The third-order valence-corrected chi connectivity index (χ3v) is 4.61. The van der Waals surface area contributed by atoms with Crippen molar-refractivity contribution < 1.29 is 13.9 Å². The lowest BCUT2D eigenvalue weighted by molar-refractivity contribution is -0.140. The van der Waals surface area contributed by atoms with E-state index >= 15 is 0 Å². The summed E-state index contributed by atoms with van der Waals surface area (Å²) in [5.74, 6) is 1.27. The molecule has 1 aromatic rings. The summed E-state index contributed by atoms with van der Waals surface area (Å²) in [6.45, 7) is 6.21. The van der Waals surface area contributed by atoms with Gasteiger partial charge >= 0.3 is 5.97 Å². The fourth-order valence-electron chi connectivity index (χ4n) is 3.42. The van der Waals surface area contributed by atoms with Crippen molar-refractivity contribution in [3.63, 3.8) is 0 Å². The number of fused-ring (bicyclic) bond motifs is 2. The van der Waals surface area contributed by atoms with Gasteiger partial charge in [-0.1, -0.05) is 25.2 Å². The van der Waals surface area contributed by atoms with Gasteiger partial charge in [-0.15, -0.1) is 0 Å². The largest absolute Gasteiger partial charge is 0.469 e. The van der Waals surface area contributed by atoms with Crippen molar-refractivity contribution in [2.45, 2.75) is 33.6 Å². The smallest absolute Gasteiger partial charge is 0.302 e. The summed E-state index contributed by atoms with van der Waals surface area (Å²) >= 11 is 0. The second kappa shape index (κ2) is 4.65. The van der Waals surface area contributed by atoms with E-state index in [1.165, 1.54) is 23.6 Å². The highest BCUT2D eigenvalue weighted by molar-refractivity contribution is 5.66. The molecule has 1 heterocycles. The van der Waals surface area contributed by atoms with E-state index in [0.29, 0.717) is 12.5 Å². The first-order valence-electron chi connectivity index (χ1n) is 7.07. The van der Waals surface area contributed by atoms with Crippen LogP contribution in [0.25, 0.3) is 0 Å². The normalized spacial score (nSPS) is 27.6. The number of furan rings is 1. The molecule has 0 fully saturated rings. The zero-order valence-electron chi connectivity index (χ0n) is 12.2. The third-order valence-electron chi connectivity index (χ3n) is 4.61. The van der Waals surface area contributed by atoms with Gasteiger partial charge in [-0.05, 0) is 41.4 Å². The number of carbonyl (C=O) groups is 1. The molecular weight excluding hydrogens is 252 g/mol. The monoisotopic (exact) mass is 272 g/mol. The highest BCUT2D eigenvalue weighted by atomic mass is 16.5. The minimum atomic E-state index is -0.224. The van der Waals surface area contributed by atoms with Crippen molar-refractivity contribution >= 4 is 5.97 Å². The summed E-state index contributed by atoms with van der Waals surface area (Å²) in [5, 5.41) is 0. The Kier molecular flexibility index (Phi) is 3.08. The van der Waals surface area contributed by atoms with Crippen LogP contribution in [0.3, 0.4) is 0 Å².